The number of nitrogens with one attached hydrogen (secondary N) is 1. The van der Waals surface area contributed by atoms with Crippen molar-refractivity contribution in [2.75, 3.05) is 18.5 Å². The predicted molar refractivity (Wildman–Crippen MR) is 81.3 cm³/mol. The van der Waals surface area contributed by atoms with Gasteiger partial charge in [-0.25, -0.2) is 0 Å². The highest BCUT2D eigenvalue weighted by molar-refractivity contribution is 5.57. The SMILES string of the molecule is CCOc1ccccc1NC1C2CCCOC2C1(C)C. The zero-order valence-electron chi connectivity index (χ0n) is 12.7. The van der Waals surface area contributed by atoms with Crippen LogP contribution in [0.1, 0.15) is 33.6 Å². The van der Waals surface area contributed by atoms with Gasteiger partial charge < -0.3 is 14.8 Å². The molecule has 1 saturated carbocycles. The summed E-state index contributed by atoms with van der Waals surface area (Å²) in [7, 11) is 0. The first-order chi connectivity index (χ1) is 9.64. The molecule has 0 bridgehead atoms. The molecule has 0 radical (unpaired) electrons. The molecular weight excluding hydrogens is 250 g/mol. The molecular formula is C17H25NO2. The van der Waals surface area contributed by atoms with Crippen molar-refractivity contribution in [1.82, 2.24) is 0 Å². The second-order valence-corrected chi connectivity index (χ2v) is 6.47. The van der Waals surface area contributed by atoms with Crippen LogP contribution in [0.2, 0.25) is 0 Å². The van der Waals surface area contributed by atoms with Crippen molar-refractivity contribution in [1.29, 1.82) is 0 Å². The molecule has 2 fully saturated rings. The average Bonchev–Trinajstić information content (AvgIpc) is 2.46. The Balaban J connectivity index is 1.77. The quantitative estimate of drug-likeness (QED) is 0.909. The molecule has 1 saturated heterocycles. The van der Waals surface area contributed by atoms with Gasteiger partial charge in [0.15, 0.2) is 0 Å². The Morgan fingerprint density at radius 1 is 1.35 bits per heavy atom. The van der Waals surface area contributed by atoms with Crippen LogP contribution >= 0.6 is 0 Å². The maximum atomic E-state index is 5.97. The van der Waals surface area contributed by atoms with E-state index in [0.717, 1.165) is 18.0 Å². The van der Waals surface area contributed by atoms with Gasteiger partial charge in [0.05, 0.1) is 18.4 Å². The molecule has 2 aliphatic rings. The second-order valence-electron chi connectivity index (χ2n) is 6.47. The van der Waals surface area contributed by atoms with E-state index in [1.165, 1.54) is 12.8 Å². The van der Waals surface area contributed by atoms with Crippen LogP contribution in [0.5, 0.6) is 5.75 Å². The van der Waals surface area contributed by atoms with E-state index >= 15 is 0 Å². The van der Waals surface area contributed by atoms with E-state index in [-0.39, 0.29) is 5.41 Å². The third kappa shape index (κ3) is 2.18. The summed E-state index contributed by atoms with van der Waals surface area (Å²) in [6.45, 7) is 8.25. The van der Waals surface area contributed by atoms with Crippen LogP contribution in [0, 0.1) is 11.3 Å². The highest BCUT2D eigenvalue weighted by Gasteiger charge is 2.58. The number of hydrogen-bond donors (Lipinski definition) is 1. The Morgan fingerprint density at radius 3 is 2.95 bits per heavy atom. The summed E-state index contributed by atoms with van der Waals surface area (Å²) in [4.78, 5) is 0. The third-order valence-corrected chi connectivity index (χ3v) is 4.83. The van der Waals surface area contributed by atoms with E-state index in [1.54, 1.807) is 0 Å². The Kier molecular flexibility index (Phi) is 3.63. The normalized spacial score (nSPS) is 31.1. The minimum atomic E-state index is 0.185. The van der Waals surface area contributed by atoms with Gasteiger partial charge >= 0.3 is 0 Å². The molecule has 1 aliphatic carbocycles. The number of para-hydroxylation sites is 2. The summed E-state index contributed by atoms with van der Waals surface area (Å²) >= 11 is 0. The van der Waals surface area contributed by atoms with E-state index in [2.05, 4.69) is 31.3 Å². The zero-order chi connectivity index (χ0) is 14.2. The van der Waals surface area contributed by atoms with Crippen LogP contribution in [0.15, 0.2) is 24.3 Å². The number of benzene rings is 1. The molecule has 1 aliphatic heterocycles. The van der Waals surface area contributed by atoms with Crippen LogP contribution in [0.4, 0.5) is 5.69 Å². The van der Waals surface area contributed by atoms with Crippen LogP contribution in [0.25, 0.3) is 0 Å². The van der Waals surface area contributed by atoms with Gasteiger partial charge in [0, 0.05) is 24.0 Å². The van der Waals surface area contributed by atoms with Crippen LogP contribution in [-0.2, 0) is 4.74 Å². The van der Waals surface area contributed by atoms with Gasteiger partial charge in [-0.2, -0.15) is 0 Å². The fourth-order valence-electron chi connectivity index (χ4n) is 3.85. The fourth-order valence-corrected chi connectivity index (χ4v) is 3.85. The molecule has 3 unspecified atom stereocenters. The van der Waals surface area contributed by atoms with Gasteiger partial charge in [-0.3, -0.25) is 0 Å². The summed E-state index contributed by atoms with van der Waals surface area (Å²) in [5, 5.41) is 3.72. The molecule has 1 heterocycles. The fraction of sp³-hybridized carbons (Fsp3) is 0.647. The molecule has 110 valence electrons. The molecule has 20 heavy (non-hydrogen) atoms. The van der Waals surface area contributed by atoms with Crippen molar-refractivity contribution < 1.29 is 9.47 Å². The Labute approximate surface area is 121 Å². The lowest BCUT2D eigenvalue weighted by Crippen LogP contribution is -2.67. The molecule has 3 rings (SSSR count). The highest BCUT2D eigenvalue weighted by Crippen LogP contribution is 2.52. The standard InChI is InChI=1S/C17H25NO2/c1-4-19-14-10-6-5-9-13(14)18-15-12-8-7-11-20-16(12)17(15,2)3/h5-6,9-10,12,15-16,18H,4,7-8,11H2,1-3H3. The Morgan fingerprint density at radius 2 is 2.15 bits per heavy atom. The van der Waals surface area contributed by atoms with Crippen molar-refractivity contribution in [2.45, 2.75) is 45.8 Å². The first kappa shape index (κ1) is 13.7. The van der Waals surface area contributed by atoms with Gasteiger partial charge in [0.25, 0.3) is 0 Å². The van der Waals surface area contributed by atoms with Crippen LogP contribution in [-0.4, -0.2) is 25.4 Å². The third-order valence-electron chi connectivity index (χ3n) is 4.83. The maximum absolute atomic E-state index is 5.97. The first-order valence-electron chi connectivity index (χ1n) is 7.74. The summed E-state index contributed by atoms with van der Waals surface area (Å²) < 4.78 is 11.7. The van der Waals surface area contributed by atoms with E-state index < -0.39 is 0 Å². The summed E-state index contributed by atoms with van der Waals surface area (Å²) in [6, 6.07) is 8.69. The molecule has 1 aromatic rings. The largest absolute Gasteiger partial charge is 0.492 e. The maximum Gasteiger partial charge on any atom is 0.142 e. The molecule has 0 spiro atoms. The number of anilines is 1. The minimum Gasteiger partial charge on any atom is -0.492 e. The molecule has 1 N–H and O–H groups in total. The molecule has 0 aromatic heterocycles. The van der Waals surface area contributed by atoms with Gasteiger partial charge in [0.2, 0.25) is 0 Å². The van der Waals surface area contributed by atoms with Crippen molar-refractivity contribution in [2.24, 2.45) is 11.3 Å². The van der Waals surface area contributed by atoms with Crippen LogP contribution in [0.3, 0.4) is 0 Å². The highest BCUT2D eigenvalue weighted by atomic mass is 16.5. The molecule has 1 aromatic carbocycles. The number of hydrogen-bond acceptors (Lipinski definition) is 3. The number of ether oxygens (including phenoxy) is 2. The average molecular weight is 275 g/mol. The lowest BCUT2D eigenvalue weighted by Gasteiger charge is -2.60. The zero-order valence-corrected chi connectivity index (χ0v) is 12.7. The van der Waals surface area contributed by atoms with Gasteiger partial charge in [0.1, 0.15) is 5.75 Å². The van der Waals surface area contributed by atoms with Gasteiger partial charge in [-0.15, -0.1) is 0 Å². The summed E-state index contributed by atoms with van der Waals surface area (Å²) in [6.07, 6.45) is 2.86. The monoisotopic (exact) mass is 275 g/mol. The topological polar surface area (TPSA) is 30.5 Å². The molecule has 3 heteroatoms. The van der Waals surface area contributed by atoms with E-state index in [4.69, 9.17) is 9.47 Å². The van der Waals surface area contributed by atoms with Crippen molar-refractivity contribution in [3.63, 3.8) is 0 Å². The predicted octanol–water partition coefficient (Wildman–Crippen LogP) is 3.70. The Hall–Kier alpha value is -1.22. The molecule has 0 amide bonds. The first-order valence-corrected chi connectivity index (χ1v) is 7.74. The smallest absolute Gasteiger partial charge is 0.142 e. The molecule has 3 atom stereocenters. The summed E-state index contributed by atoms with van der Waals surface area (Å²) in [5.41, 5.74) is 1.29. The number of rotatable bonds is 4. The van der Waals surface area contributed by atoms with E-state index in [1.807, 2.05) is 19.1 Å². The summed E-state index contributed by atoms with van der Waals surface area (Å²) in [5.74, 6) is 1.58. The van der Waals surface area contributed by atoms with Crippen molar-refractivity contribution >= 4 is 5.69 Å². The Bertz CT molecular complexity index is 472. The number of fused-ring (bicyclic) bond motifs is 1. The lowest BCUT2D eigenvalue weighted by molar-refractivity contribution is -0.177. The van der Waals surface area contributed by atoms with Crippen molar-refractivity contribution in [3.05, 3.63) is 24.3 Å². The van der Waals surface area contributed by atoms with Gasteiger partial charge in [-0.1, -0.05) is 26.0 Å². The van der Waals surface area contributed by atoms with E-state index in [0.29, 0.717) is 24.7 Å². The minimum absolute atomic E-state index is 0.185. The van der Waals surface area contributed by atoms with Crippen LogP contribution < -0.4 is 10.1 Å². The van der Waals surface area contributed by atoms with E-state index in [9.17, 15) is 0 Å². The van der Waals surface area contributed by atoms with Crippen molar-refractivity contribution in [3.8, 4) is 5.75 Å². The lowest BCUT2D eigenvalue weighted by atomic mass is 9.55. The van der Waals surface area contributed by atoms with Gasteiger partial charge in [-0.05, 0) is 31.9 Å². The molecule has 3 nitrogen and oxygen atoms in total. The second kappa shape index (κ2) is 5.28.